The largest absolute Gasteiger partial charge is 0.497 e. The number of hydrogen-bond donors (Lipinski definition) is 0. The molecule has 0 saturated carbocycles. The Morgan fingerprint density at radius 3 is 2.58 bits per heavy atom. The summed E-state index contributed by atoms with van der Waals surface area (Å²) >= 11 is 1.21. The molecule has 6 heteroatoms. The molecule has 0 aliphatic carbocycles. The van der Waals surface area contributed by atoms with E-state index in [0.717, 1.165) is 11.3 Å². The van der Waals surface area contributed by atoms with E-state index in [-0.39, 0.29) is 11.7 Å². The van der Waals surface area contributed by atoms with Crippen molar-refractivity contribution in [3.05, 3.63) is 71.0 Å². The fraction of sp³-hybridized carbons (Fsp3) is 0.200. The Labute approximate surface area is 155 Å². The molecule has 26 heavy (non-hydrogen) atoms. The number of ether oxygens (including phenoxy) is 1. The Morgan fingerprint density at radius 2 is 1.92 bits per heavy atom. The van der Waals surface area contributed by atoms with Gasteiger partial charge in [0.05, 0.1) is 13.3 Å². The van der Waals surface area contributed by atoms with E-state index >= 15 is 0 Å². The van der Waals surface area contributed by atoms with E-state index in [4.69, 9.17) is 4.74 Å². The van der Waals surface area contributed by atoms with Gasteiger partial charge in [-0.25, -0.2) is 9.37 Å². The van der Waals surface area contributed by atoms with Crippen LogP contribution in [0.15, 0.2) is 54.7 Å². The van der Waals surface area contributed by atoms with Crippen molar-refractivity contribution >= 4 is 17.2 Å². The number of benzene rings is 2. The Balaban J connectivity index is 1.77. The Morgan fingerprint density at radius 1 is 1.19 bits per heavy atom. The van der Waals surface area contributed by atoms with Crippen molar-refractivity contribution in [2.45, 2.75) is 13.5 Å². The number of aromatic nitrogens is 1. The molecular weight excluding hydrogens is 351 g/mol. The van der Waals surface area contributed by atoms with Gasteiger partial charge in [0.1, 0.15) is 21.5 Å². The highest BCUT2D eigenvalue weighted by atomic mass is 32.1. The second-order valence-corrected chi connectivity index (χ2v) is 6.71. The van der Waals surface area contributed by atoms with Gasteiger partial charge in [-0.2, -0.15) is 0 Å². The summed E-state index contributed by atoms with van der Waals surface area (Å²) in [7, 11) is 1.62. The standard InChI is InChI=1S/C20H19FN2O2S/c1-3-23(13-14-8-10-15(25-2)11-9-14)20(24)18-12-22-19(26-18)16-6-4-5-7-17(16)21/h4-12H,3,13H2,1-2H3. The minimum atomic E-state index is -0.341. The molecule has 0 saturated heterocycles. The van der Waals surface area contributed by atoms with Crippen LogP contribution in [0.5, 0.6) is 5.75 Å². The first-order chi connectivity index (χ1) is 12.6. The van der Waals surface area contributed by atoms with Gasteiger partial charge >= 0.3 is 0 Å². The second-order valence-electron chi connectivity index (χ2n) is 5.68. The summed E-state index contributed by atoms with van der Waals surface area (Å²) in [6, 6.07) is 14.1. The number of amides is 1. The number of rotatable bonds is 6. The fourth-order valence-corrected chi connectivity index (χ4v) is 3.48. The first-order valence-corrected chi connectivity index (χ1v) is 9.07. The zero-order valence-electron chi connectivity index (χ0n) is 14.6. The summed E-state index contributed by atoms with van der Waals surface area (Å²) in [5.41, 5.74) is 1.43. The molecule has 2 aromatic carbocycles. The molecule has 4 nitrogen and oxygen atoms in total. The van der Waals surface area contributed by atoms with Gasteiger partial charge in [-0.15, -0.1) is 11.3 Å². The fourth-order valence-electron chi connectivity index (χ4n) is 2.57. The van der Waals surface area contributed by atoms with Gasteiger partial charge in [0, 0.05) is 18.7 Å². The van der Waals surface area contributed by atoms with Crippen molar-refractivity contribution in [3.8, 4) is 16.3 Å². The molecule has 0 fully saturated rings. The van der Waals surface area contributed by atoms with Crippen LogP contribution in [-0.2, 0) is 6.54 Å². The zero-order chi connectivity index (χ0) is 18.5. The maximum atomic E-state index is 13.9. The summed E-state index contributed by atoms with van der Waals surface area (Å²) in [4.78, 5) is 19.3. The molecule has 0 aliphatic rings. The van der Waals surface area contributed by atoms with Crippen molar-refractivity contribution in [1.82, 2.24) is 9.88 Å². The predicted octanol–water partition coefficient (Wildman–Crippen LogP) is 4.62. The number of methoxy groups -OCH3 is 1. The van der Waals surface area contributed by atoms with E-state index < -0.39 is 0 Å². The lowest BCUT2D eigenvalue weighted by atomic mass is 10.2. The van der Waals surface area contributed by atoms with E-state index in [0.29, 0.717) is 28.5 Å². The van der Waals surface area contributed by atoms with Gasteiger partial charge < -0.3 is 9.64 Å². The molecule has 1 heterocycles. The Hall–Kier alpha value is -2.73. The van der Waals surface area contributed by atoms with Crippen LogP contribution in [0.3, 0.4) is 0 Å². The molecule has 0 bridgehead atoms. The van der Waals surface area contributed by atoms with Crippen molar-refractivity contribution in [3.63, 3.8) is 0 Å². The maximum absolute atomic E-state index is 13.9. The van der Waals surface area contributed by atoms with Crippen molar-refractivity contribution in [2.24, 2.45) is 0 Å². The van der Waals surface area contributed by atoms with Gasteiger partial charge in [0.15, 0.2) is 0 Å². The molecule has 3 aromatic rings. The maximum Gasteiger partial charge on any atom is 0.265 e. The third-order valence-corrected chi connectivity index (χ3v) is 5.04. The highest BCUT2D eigenvalue weighted by Crippen LogP contribution is 2.28. The molecule has 1 aromatic heterocycles. The molecule has 1 amide bonds. The number of hydrogen-bond acceptors (Lipinski definition) is 4. The number of nitrogens with zero attached hydrogens (tertiary/aromatic N) is 2. The van der Waals surface area contributed by atoms with Crippen LogP contribution < -0.4 is 4.74 Å². The SMILES string of the molecule is CCN(Cc1ccc(OC)cc1)C(=O)c1cnc(-c2ccccc2F)s1. The third-order valence-electron chi connectivity index (χ3n) is 4.02. The van der Waals surface area contributed by atoms with Crippen LogP contribution in [0, 0.1) is 5.82 Å². The van der Waals surface area contributed by atoms with Crippen LogP contribution in [0.25, 0.3) is 10.6 Å². The molecule has 0 aliphatic heterocycles. The molecule has 0 N–H and O–H groups in total. The molecule has 0 spiro atoms. The van der Waals surface area contributed by atoms with E-state index in [9.17, 15) is 9.18 Å². The monoisotopic (exact) mass is 370 g/mol. The number of carbonyl (C=O) groups excluding carboxylic acids is 1. The number of carbonyl (C=O) groups is 1. The first-order valence-electron chi connectivity index (χ1n) is 8.25. The highest BCUT2D eigenvalue weighted by Gasteiger charge is 2.19. The minimum absolute atomic E-state index is 0.108. The molecular formula is C20H19FN2O2S. The Kier molecular flexibility index (Phi) is 5.63. The van der Waals surface area contributed by atoms with Gasteiger partial charge in [-0.05, 0) is 36.8 Å². The van der Waals surface area contributed by atoms with Crippen molar-refractivity contribution in [2.75, 3.05) is 13.7 Å². The summed E-state index contributed by atoms with van der Waals surface area (Å²) in [6.45, 7) is 2.99. The summed E-state index contributed by atoms with van der Waals surface area (Å²) in [6.07, 6.45) is 1.52. The van der Waals surface area contributed by atoms with E-state index in [1.807, 2.05) is 31.2 Å². The number of halogens is 1. The van der Waals surface area contributed by atoms with Crippen LogP contribution in [0.1, 0.15) is 22.2 Å². The summed E-state index contributed by atoms with van der Waals surface area (Å²) < 4.78 is 19.1. The molecule has 3 rings (SSSR count). The van der Waals surface area contributed by atoms with Crippen LogP contribution in [0.4, 0.5) is 4.39 Å². The highest BCUT2D eigenvalue weighted by molar-refractivity contribution is 7.16. The van der Waals surface area contributed by atoms with Gasteiger partial charge in [-0.3, -0.25) is 4.79 Å². The van der Waals surface area contributed by atoms with Crippen molar-refractivity contribution < 1.29 is 13.9 Å². The van der Waals surface area contributed by atoms with E-state index in [1.165, 1.54) is 23.6 Å². The quantitative estimate of drug-likeness (QED) is 0.636. The predicted molar refractivity (Wildman–Crippen MR) is 101 cm³/mol. The van der Waals surface area contributed by atoms with Crippen LogP contribution in [0.2, 0.25) is 0 Å². The lowest BCUT2D eigenvalue weighted by Crippen LogP contribution is -2.29. The van der Waals surface area contributed by atoms with E-state index in [2.05, 4.69) is 4.98 Å². The van der Waals surface area contributed by atoms with Gasteiger partial charge in [0.2, 0.25) is 0 Å². The molecule has 0 atom stereocenters. The lowest BCUT2D eigenvalue weighted by molar-refractivity contribution is 0.0757. The smallest absolute Gasteiger partial charge is 0.265 e. The summed E-state index contributed by atoms with van der Waals surface area (Å²) in [5.74, 6) is 0.329. The summed E-state index contributed by atoms with van der Waals surface area (Å²) in [5, 5.41) is 0.506. The molecule has 0 radical (unpaired) electrons. The average molecular weight is 370 g/mol. The lowest BCUT2D eigenvalue weighted by Gasteiger charge is -2.20. The number of thiazole rings is 1. The van der Waals surface area contributed by atoms with Crippen LogP contribution >= 0.6 is 11.3 Å². The normalized spacial score (nSPS) is 10.6. The molecule has 0 unspecified atom stereocenters. The average Bonchev–Trinajstić information content (AvgIpc) is 3.16. The second kappa shape index (κ2) is 8.10. The van der Waals surface area contributed by atoms with Gasteiger partial charge in [0.25, 0.3) is 5.91 Å². The van der Waals surface area contributed by atoms with Gasteiger partial charge in [-0.1, -0.05) is 24.3 Å². The zero-order valence-corrected chi connectivity index (χ0v) is 15.4. The van der Waals surface area contributed by atoms with Crippen LogP contribution in [-0.4, -0.2) is 29.4 Å². The van der Waals surface area contributed by atoms with E-state index in [1.54, 1.807) is 30.2 Å². The third kappa shape index (κ3) is 3.91. The van der Waals surface area contributed by atoms with Crippen molar-refractivity contribution in [1.29, 1.82) is 0 Å². The molecule has 134 valence electrons. The topological polar surface area (TPSA) is 42.4 Å². The minimum Gasteiger partial charge on any atom is -0.497 e. The first kappa shape index (κ1) is 18.1. The Bertz CT molecular complexity index is 893.